The van der Waals surface area contributed by atoms with E-state index in [1.165, 1.54) is 0 Å². The van der Waals surface area contributed by atoms with Crippen LogP contribution in [-0.2, 0) is 21.7 Å². The van der Waals surface area contributed by atoms with Crippen molar-refractivity contribution in [3.8, 4) is 0 Å². The molecule has 0 fully saturated rings. The van der Waals surface area contributed by atoms with Crippen molar-refractivity contribution >= 4 is 11.6 Å². The van der Waals surface area contributed by atoms with Gasteiger partial charge in [-0.3, -0.25) is 0 Å². The van der Waals surface area contributed by atoms with Crippen LogP contribution >= 0.6 is 11.6 Å². The first-order valence-corrected chi connectivity index (χ1v) is 3.81. The minimum absolute atomic E-state index is 0. The monoisotopic (exact) mass is 212 g/mol. The molecule has 0 saturated heterocycles. The van der Waals surface area contributed by atoms with Crippen molar-refractivity contribution in [2.24, 2.45) is 0 Å². The molecule has 0 aliphatic carbocycles. The molecule has 0 saturated carbocycles. The van der Waals surface area contributed by atoms with E-state index in [0.717, 1.165) is 5.02 Å². The second-order valence-corrected chi connectivity index (χ2v) is 2.50. The summed E-state index contributed by atoms with van der Waals surface area (Å²) in [6, 6.07) is 17.5. The predicted octanol–water partition coefficient (Wildman–Crippen LogP) is 3.46. The van der Waals surface area contributed by atoms with E-state index in [4.69, 9.17) is 11.6 Å². The summed E-state index contributed by atoms with van der Waals surface area (Å²) in [6.45, 7) is 0. The van der Waals surface area contributed by atoms with E-state index >= 15 is 0 Å². The zero-order valence-electron chi connectivity index (χ0n) is 6.57. The van der Waals surface area contributed by atoms with Crippen LogP contribution in [0.15, 0.2) is 54.6 Å². The standard InChI is InChI=1S/C5H4Cl.C5H5.Ti/c6-5-3-1-2-4-5;1-2-4-5-3-1;/h1-4H;1-5H;/q-1;-5;. The summed E-state index contributed by atoms with van der Waals surface area (Å²) in [6.07, 6.45) is 0. The molecule has 0 unspecified atom stereocenters. The van der Waals surface area contributed by atoms with Crippen LogP contribution in [0, 0.1) is 0 Å². The summed E-state index contributed by atoms with van der Waals surface area (Å²) in [5.74, 6) is 0. The largest absolute Gasteiger partial charge is 0.748 e. The second kappa shape index (κ2) is 7.36. The van der Waals surface area contributed by atoms with Gasteiger partial charge in [0, 0.05) is 21.7 Å². The average Bonchev–Trinajstić information content (AvgIpc) is 2.57. The SMILES string of the molecule is Cl[c-]1cccc1.[Ti].[cH-]1[cH-][cH-][cH-][cH-]1. The molecule has 0 aliphatic rings. The van der Waals surface area contributed by atoms with E-state index in [2.05, 4.69) is 0 Å². The number of hydrogen-bond acceptors (Lipinski definition) is 0. The molecule has 2 rings (SSSR count). The van der Waals surface area contributed by atoms with E-state index in [1.807, 2.05) is 54.6 Å². The van der Waals surface area contributed by atoms with Crippen LogP contribution in [0.4, 0.5) is 0 Å². The Labute approximate surface area is 92.8 Å². The third-order valence-electron chi connectivity index (χ3n) is 1.18. The molecule has 0 atom stereocenters. The van der Waals surface area contributed by atoms with Crippen molar-refractivity contribution in [1.82, 2.24) is 0 Å². The number of halogens is 1. The van der Waals surface area contributed by atoms with E-state index in [9.17, 15) is 0 Å². The normalized spacial score (nSPS) is 7.75. The number of rotatable bonds is 0. The zero-order chi connectivity index (χ0) is 7.94. The summed E-state index contributed by atoms with van der Waals surface area (Å²) in [4.78, 5) is 0. The van der Waals surface area contributed by atoms with Crippen molar-refractivity contribution in [3.63, 3.8) is 0 Å². The molecule has 0 aliphatic heterocycles. The van der Waals surface area contributed by atoms with E-state index in [-0.39, 0.29) is 21.7 Å². The zero-order valence-corrected chi connectivity index (χ0v) is 8.89. The van der Waals surface area contributed by atoms with E-state index in [0.29, 0.717) is 0 Å². The van der Waals surface area contributed by atoms with Crippen LogP contribution in [0.5, 0.6) is 0 Å². The van der Waals surface area contributed by atoms with E-state index < -0.39 is 0 Å². The Hall–Kier alpha value is -0.296. The van der Waals surface area contributed by atoms with Crippen molar-refractivity contribution in [3.05, 3.63) is 59.6 Å². The molecule has 0 aromatic heterocycles. The molecule has 0 nitrogen and oxygen atoms in total. The van der Waals surface area contributed by atoms with Gasteiger partial charge in [0.15, 0.2) is 0 Å². The van der Waals surface area contributed by atoms with Gasteiger partial charge in [0.05, 0.1) is 0 Å². The van der Waals surface area contributed by atoms with Gasteiger partial charge in [-0.05, 0) is 0 Å². The van der Waals surface area contributed by atoms with Crippen LogP contribution in [-0.4, -0.2) is 0 Å². The molecule has 0 radical (unpaired) electrons. The summed E-state index contributed by atoms with van der Waals surface area (Å²) in [5, 5.41) is 0.815. The maximum atomic E-state index is 5.46. The fraction of sp³-hybridized carbons (Fsp3) is 0. The molecular formula is C10H9ClTi-6. The Morgan fingerprint density at radius 3 is 1.33 bits per heavy atom. The summed E-state index contributed by atoms with van der Waals surface area (Å²) in [5.41, 5.74) is 0. The summed E-state index contributed by atoms with van der Waals surface area (Å²) in [7, 11) is 0. The van der Waals surface area contributed by atoms with Gasteiger partial charge in [-0.2, -0.15) is 23.7 Å². The molecule has 0 heterocycles. The van der Waals surface area contributed by atoms with Crippen molar-refractivity contribution < 1.29 is 21.7 Å². The van der Waals surface area contributed by atoms with Crippen molar-refractivity contribution in [2.75, 3.05) is 0 Å². The fourth-order valence-corrected chi connectivity index (χ4v) is 0.817. The quantitative estimate of drug-likeness (QED) is 0.463. The molecule has 2 aromatic rings. The maximum Gasteiger partial charge on any atom is 0 e. The minimum atomic E-state index is 0. The first kappa shape index (κ1) is 11.7. The minimum Gasteiger partial charge on any atom is -0.748 e. The van der Waals surface area contributed by atoms with Gasteiger partial charge in [-0.15, -0.1) is 0 Å². The molecular weight excluding hydrogens is 203 g/mol. The van der Waals surface area contributed by atoms with Crippen molar-refractivity contribution in [1.29, 1.82) is 0 Å². The van der Waals surface area contributed by atoms with Crippen LogP contribution in [0.25, 0.3) is 0 Å². The molecule has 0 bridgehead atoms. The predicted molar refractivity (Wildman–Crippen MR) is 49.1 cm³/mol. The van der Waals surface area contributed by atoms with Gasteiger partial charge in [0.25, 0.3) is 0 Å². The van der Waals surface area contributed by atoms with Gasteiger partial charge in [0.1, 0.15) is 0 Å². The number of hydrogen-bond donors (Lipinski definition) is 0. The van der Waals surface area contributed by atoms with Gasteiger partial charge in [-0.25, -0.2) is 12.1 Å². The van der Waals surface area contributed by atoms with Crippen LogP contribution in [0.3, 0.4) is 0 Å². The van der Waals surface area contributed by atoms with Crippen LogP contribution in [0.1, 0.15) is 0 Å². The van der Waals surface area contributed by atoms with Gasteiger partial charge < -0.3 is 30.3 Å². The van der Waals surface area contributed by atoms with Crippen molar-refractivity contribution in [2.45, 2.75) is 0 Å². The second-order valence-electron chi connectivity index (χ2n) is 2.07. The van der Waals surface area contributed by atoms with E-state index in [1.54, 1.807) is 0 Å². The molecule has 0 N–H and O–H groups in total. The topological polar surface area (TPSA) is 0 Å². The third-order valence-corrected chi connectivity index (χ3v) is 1.43. The first-order chi connectivity index (χ1) is 5.39. The Kier molecular flexibility index (Phi) is 7.18. The summed E-state index contributed by atoms with van der Waals surface area (Å²) < 4.78 is 0. The Balaban J connectivity index is 0.000000189. The summed E-state index contributed by atoms with van der Waals surface area (Å²) >= 11 is 5.46. The van der Waals surface area contributed by atoms with Gasteiger partial charge >= 0.3 is 0 Å². The van der Waals surface area contributed by atoms with Crippen LogP contribution < -0.4 is 0 Å². The maximum absolute atomic E-state index is 5.46. The smallest absolute Gasteiger partial charge is 0 e. The fourth-order valence-electron chi connectivity index (χ4n) is 0.671. The molecule has 0 amide bonds. The van der Waals surface area contributed by atoms with Gasteiger partial charge in [-0.1, -0.05) is 5.02 Å². The molecule has 2 heteroatoms. The first-order valence-electron chi connectivity index (χ1n) is 3.43. The average molecular weight is 213 g/mol. The van der Waals surface area contributed by atoms with Crippen LogP contribution in [0.2, 0.25) is 5.02 Å². The Morgan fingerprint density at radius 2 is 1.17 bits per heavy atom. The Bertz CT molecular complexity index is 228. The van der Waals surface area contributed by atoms with Gasteiger partial charge in [0.2, 0.25) is 0 Å². The molecule has 66 valence electrons. The molecule has 2 aromatic carbocycles. The third kappa shape index (κ3) is 5.37. The molecule has 12 heavy (non-hydrogen) atoms. The Morgan fingerprint density at radius 1 is 0.833 bits per heavy atom. The molecule has 0 spiro atoms.